The number of nitrogens with one attached hydrogen (secondary N) is 3. The summed E-state index contributed by atoms with van der Waals surface area (Å²) in [5.41, 5.74) is 0.0801. The van der Waals surface area contributed by atoms with Crippen LogP contribution in [0.15, 0.2) is 24.3 Å². The molecule has 1 aliphatic heterocycles. The van der Waals surface area contributed by atoms with Gasteiger partial charge < -0.3 is 15.4 Å². The van der Waals surface area contributed by atoms with Gasteiger partial charge in [0.1, 0.15) is 5.75 Å². The average molecular weight is 373 g/mol. The number of alkyl halides is 3. The average Bonchev–Trinajstić information content (AvgIpc) is 2.49. The molecule has 2 rings (SSSR count). The van der Waals surface area contributed by atoms with E-state index in [9.17, 15) is 22.8 Å². The topological polar surface area (TPSA) is 79.5 Å². The molecule has 1 aromatic carbocycles. The highest BCUT2D eigenvalue weighted by Gasteiger charge is 2.49. The first-order valence-electron chi connectivity index (χ1n) is 8.12. The molecule has 1 aromatic rings. The summed E-state index contributed by atoms with van der Waals surface area (Å²) in [6, 6.07) is 4.61. The van der Waals surface area contributed by atoms with Crippen LogP contribution in [0.25, 0.3) is 0 Å². The van der Waals surface area contributed by atoms with Gasteiger partial charge in [-0.05, 0) is 38.8 Å². The maximum Gasteiger partial charge on any atom is 0.426 e. The second-order valence-corrected chi connectivity index (χ2v) is 7.13. The monoisotopic (exact) mass is 373 g/mol. The minimum absolute atomic E-state index is 0.0574. The highest BCUT2D eigenvalue weighted by molar-refractivity contribution is 5.95. The van der Waals surface area contributed by atoms with Crippen LogP contribution in [-0.2, 0) is 11.2 Å². The highest BCUT2D eigenvalue weighted by atomic mass is 19.4. The minimum atomic E-state index is -4.59. The molecule has 9 heteroatoms. The maximum absolute atomic E-state index is 13.3. The van der Waals surface area contributed by atoms with Gasteiger partial charge in [-0.1, -0.05) is 18.2 Å². The van der Waals surface area contributed by atoms with E-state index >= 15 is 0 Å². The normalized spacial score (nSPS) is 19.9. The van der Waals surface area contributed by atoms with Crippen molar-refractivity contribution in [3.8, 4) is 5.75 Å². The van der Waals surface area contributed by atoms with Gasteiger partial charge in [-0.15, -0.1) is 0 Å². The molecule has 1 aliphatic rings. The van der Waals surface area contributed by atoms with Crippen LogP contribution in [0, 0.1) is 0 Å². The van der Waals surface area contributed by atoms with Gasteiger partial charge in [-0.2, -0.15) is 13.2 Å². The number of para-hydroxylation sites is 1. The summed E-state index contributed by atoms with van der Waals surface area (Å²) in [5.74, 6) is -0.548. The van der Waals surface area contributed by atoms with Crippen molar-refractivity contribution in [1.82, 2.24) is 16.0 Å². The number of amides is 3. The van der Waals surface area contributed by atoms with E-state index in [4.69, 9.17) is 4.74 Å². The molecule has 0 saturated heterocycles. The zero-order chi connectivity index (χ0) is 19.5. The molecule has 0 aromatic heterocycles. The zero-order valence-corrected chi connectivity index (χ0v) is 14.7. The summed E-state index contributed by atoms with van der Waals surface area (Å²) in [7, 11) is 0. The lowest BCUT2D eigenvalue weighted by Gasteiger charge is -2.35. The van der Waals surface area contributed by atoms with Crippen molar-refractivity contribution in [2.24, 2.45) is 0 Å². The number of fused-ring (bicyclic) bond motifs is 1. The van der Waals surface area contributed by atoms with Crippen molar-refractivity contribution in [3.05, 3.63) is 29.8 Å². The second-order valence-electron chi connectivity index (χ2n) is 7.13. The van der Waals surface area contributed by atoms with Gasteiger partial charge >= 0.3 is 12.2 Å². The Morgan fingerprint density at radius 3 is 2.46 bits per heavy atom. The lowest BCUT2D eigenvalue weighted by Crippen LogP contribution is -2.57. The van der Waals surface area contributed by atoms with Crippen LogP contribution in [-0.4, -0.2) is 42.3 Å². The molecular weight excluding hydrogens is 351 g/mol. The Balaban J connectivity index is 1.98. The Labute approximate surface area is 149 Å². The lowest BCUT2D eigenvalue weighted by atomic mass is 9.96. The fourth-order valence-corrected chi connectivity index (χ4v) is 2.59. The molecule has 1 heterocycles. The number of halogens is 3. The molecule has 0 spiro atoms. The van der Waals surface area contributed by atoms with Crippen molar-refractivity contribution in [1.29, 1.82) is 0 Å². The van der Waals surface area contributed by atoms with E-state index in [1.807, 2.05) is 0 Å². The third-order valence-electron chi connectivity index (χ3n) is 3.62. The van der Waals surface area contributed by atoms with Crippen molar-refractivity contribution in [2.45, 2.75) is 51.1 Å². The van der Waals surface area contributed by atoms with E-state index < -0.39 is 42.3 Å². The van der Waals surface area contributed by atoms with Crippen LogP contribution >= 0.6 is 0 Å². The Bertz CT molecular complexity index is 671. The number of carbonyl (C=O) groups excluding carboxylic acids is 2. The number of carbonyl (C=O) groups is 2. The van der Waals surface area contributed by atoms with Gasteiger partial charge in [0.15, 0.2) is 0 Å². The van der Waals surface area contributed by atoms with E-state index in [2.05, 4.69) is 16.0 Å². The molecule has 26 heavy (non-hydrogen) atoms. The van der Waals surface area contributed by atoms with Gasteiger partial charge in [-0.3, -0.25) is 10.1 Å². The Morgan fingerprint density at radius 1 is 1.19 bits per heavy atom. The first-order chi connectivity index (χ1) is 12.0. The second kappa shape index (κ2) is 7.53. The van der Waals surface area contributed by atoms with Crippen LogP contribution < -0.4 is 20.7 Å². The number of rotatable bonds is 3. The van der Waals surface area contributed by atoms with E-state index in [1.165, 1.54) is 6.07 Å². The molecule has 3 amide bonds. The van der Waals surface area contributed by atoms with E-state index in [-0.39, 0.29) is 12.2 Å². The summed E-state index contributed by atoms with van der Waals surface area (Å²) >= 11 is 0. The summed E-state index contributed by atoms with van der Waals surface area (Å²) in [5, 5.41) is 7.16. The van der Waals surface area contributed by atoms with Crippen LogP contribution in [0.5, 0.6) is 5.75 Å². The first-order valence-corrected chi connectivity index (χ1v) is 8.12. The molecule has 0 fully saturated rings. The van der Waals surface area contributed by atoms with Gasteiger partial charge in [0.05, 0.1) is 12.6 Å². The quantitative estimate of drug-likeness (QED) is 0.759. The first kappa shape index (κ1) is 20.0. The molecule has 0 radical (unpaired) electrons. The number of benzene rings is 1. The fourth-order valence-electron chi connectivity index (χ4n) is 2.59. The lowest BCUT2D eigenvalue weighted by molar-refractivity contribution is -0.206. The number of imide groups is 1. The molecule has 0 saturated carbocycles. The zero-order valence-electron chi connectivity index (χ0n) is 14.7. The molecular formula is C17H22F3N3O3. The van der Waals surface area contributed by atoms with Gasteiger partial charge in [0, 0.05) is 5.54 Å². The minimum Gasteiger partial charge on any atom is -0.479 e. The molecule has 0 unspecified atom stereocenters. The highest BCUT2D eigenvalue weighted by Crippen LogP contribution is 2.34. The Morgan fingerprint density at radius 2 is 1.85 bits per heavy atom. The fraction of sp³-hybridized carbons (Fsp3) is 0.529. The van der Waals surface area contributed by atoms with Crippen molar-refractivity contribution in [3.63, 3.8) is 0 Å². The van der Waals surface area contributed by atoms with Crippen LogP contribution in [0.2, 0.25) is 0 Å². The smallest absolute Gasteiger partial charge is 0.426 e. The number of hydrogen-bond acceptors (Lipinski definition) is 4. The van der Waals surface area contributed by atoms with E-state index in [0.717, 1.165) is 0 Å². The van der Waals surface area contributed by atoms with E-state index in [1.54, 1.807) is 39.0 Å². The van der Waals surface area contributed by atoms with Crippen LogP contribution in [0.4, 0.5) is 18.0 Å². The van der Waals surface area contributed by atoms with Crippen molar-refractivity contribution >= 4 is 11.9 Å². The standard InChI is InChI=1S/C17H22F3N3O3/c1-16(2,3)23-15(25)22-13(24)9-21-11-8-10-6-4-5-7-12(10)26-14(11)17(18,19)20/h4-7,11,14,21H,8-9H2,1-3H3,(H2,22,23,24,25)/t11-,14-/m0/s1. The molecule has 3 N–H and O–H groups in total. The number of urea groups is 1. The van der Waals surface area contributed by atoms with Crippen molar-refractivity contribution < 1.29 is 27.5 Å². The van der Waals surface area contributed by atoms with Gasteiger partial charge in [0.2, 0.25) is 12.0 Å². The largest absolute Gasteiger partial charge is 0.479 e. The predicted molar refractivity (Wildman–Crippen MR) is 88.8 cm³/mol. The Hall–Kier alpha value is -2.29. The molecule has 0 aliphatic carbocycles. The summed E-state index contributed by atoms with van der Waals surface area (Å²) in [4.78, 5) is 23.5. The number of hydrogen-bond donors (Lipinski definition) is 3. The van der Waals surface area contributed by atoms with Crippen LogP contribution in [0.1, 0.15) is 26.3 Å². The summed E-state index contributed by atoms with van der Waals surface area (Å²) in [6.07, 6.45) is -6.61. The summed E-state index contributed by atoms with van der Waals surface area (Å²) < 4.78 is 44.9. The molecule has 6 nitrogen and oxygen atoms in total. The third-order valence-corrected chi connectivity index (χ3v) is 3.62. The SMILES string of the molecule is CC(C)(C)NC(=O)NC(=O)CN[C@H]1Cc2ccccc2O[C@@H]1C(F)(F)F. The number of ether oxygens (including phenoxy) is 1. The van der Waals surface area contributed by atoms with Gasteiger partial charge in [0.25, 0.3) is 0 Å². The Kier molecular flexibility index (Phi) is 5.80. The maximum atomic E-state index is 13.3. The van der Waals surface area contributed by atoms with E-state index in [0.29, 0.717) is 5.56 Å². The summed E-state index contributed by atoms with van der Waals surface area (Å²) in [6.45, 7) is 4.76. The molecule has 144 valence electrons. The molecule has 0 bridgehead atoms. The third kappa shape index (κ3) is 5.62. The van der Waals surface area contributed by atoms with Crippen molar-refractivity contribution in [2.75, 3.05) is 6.54 Å². The predicted octanol–water partition coefficient (Wildman–Crippen LogP) is 2.13. The van der Waals surface area contributed by atoms with Gasteiger partial charge in [-0.25, -0.2) is 4.79 Å². The van der Waals surface area contributed by atoms with Crippen LogP contribution in [0.3, 0.4) is 0 Å². The molecule has 2 atom stereocenters.